The Labute approximate surface area is 152 Å². The predicted octanol–water partition coefficient (Wildman–Crippen LogP) is 2.69. The lowest BCUT2D eigenvalue weighted by Gasteiger charge is -2.23. The SMILES string of the molecule is O=C(C[NH+]1CC=C(c2ccccc2)CC1)Nc1c(F)c(F)c(F)c(F)c1F. The molecule has 0 bridgehead atoms. The van der Waals surface area contributed by atoms with Gasteiger partial charge in [0.2, 0.25) is 5.82 Å². The summed E-state index contributed by atoms with van der Waals surface area (Å²) in [6.45, 7) is 0.956. The van der Waals surface area contributed by atoms with Gasteiger partial charge in [-0.3, -0.25) is 4.79 Å². The van der Waals surface area contributed by atoms with E-state index in [9.17, 15) is 26.7 Å². The molecule has 0 saturated carbocycles. The Balaban J connectivity index is 1.65. The molecule has 0 saturated heterocycles. The number of quaternary nitrogens is 1. The lowest BCUT2D eigenvalue weighted by molar-refractivity contribution is -0.886. The highest BCUT2D eigenvalue weighted by Crippen LogP contribution is 2.27. The van der Waals surface area contributed by atoms with Gasteiger partial charge in [-0.15, -0.1) is 0 Å². The fourth-order valence-electron chi connectivity index (χ4n) is 2.98. The summed E-state index contributed by atoms with van der Waals surface area (Å²) in [7, 11) is 0. The zero-order valence-corrected chi connectivity index (χ0v) is 14.1. The zero-order chi connectivity index (χ0) is 19.6. The van der Waals surface area contributed by atoms with E-state index in [2.05, 4.69) is 0 Å². The molecule has 0 spiro atoms. The van der Waals surface area contributed by atoms with Gasteiger partial charge in [0.25, 0.3) is 5.91 Å². The van der Waals surface area contributed by atoms with Crippen LogP contribution in [-0.2, 0) is 4.79 Å². The van der Waals surface area contributed by atoms with E-state index in [0.29, 0.717) is 19.5 Å². The third-order valence-corrected chi connectivity index (χ3v) is 4.41. The summed E-state index contributed by atoms with van der Waals surface area (Å²) in [6.07, 6.45) is 2.68. The monoisotopic (exact) mass is 383 g/mol. The van der Waals surface area contributed by atoms with Crippen LogP contribution in [0.2, 0.25) is 0 Å². The van der Waals surface area contributed by atoms with Gasteiger partial charge < -0.3 is 10.2 Å². The summed E-state index contributed by atoms with van der Waals surface area (Å²) in [4.78, 5) is 12.8. The first-order valence-electron chi connectivity index (χ1n) is 8.27. The Morgan fingerprint density at radius 2 is 1.52 bits per heavy atom. The number of hydrogen-bond acceptors (Lipinski definition) is 1. The minimum Gasteiger partial charge on any atom is -0.324 e. The van der Waals surface area contributed by atoms with Gasteiger partial charge in [0.05, 0.1) is 13.1 Å². The number of halogens is 5. The molecule has 1 unspecified atom stereocenters. The number of hydrogen-bond donors (Lipinski definition) is 2. The average molecular weight is 383 g/mol. The van der Waals surface area contributed by atoms with Crippen LogP contribution in [0.4, 0.5) is 27.6 Å². The minimum absolute atomic E-state index is 0.155. The lowest BCUT2D eigenvalue weighted by Crippen LogP contribution is -3.13. The third kappa shape index (κ3) is 4.00. The summed E-state index contributed by atoms with van der Waals surface area (Å²) in [5, 5.41) is 1.80. The first kappa shape index (κ1) is 19.0. The smallest absolute Gasteiger partial charge is 0.279 e. The molecule has 27 heavy (non-hydrogen) atoms. The van der Waals surface area contributed by atoms with Crippen LogP contribution in [0.5, 0.6) is 0 Å². The molecule has 2 aromatic rings. The maximum absolute atomic E-state index is 13.6. The standard InChI is InChI=1S/C19H15F5N2O/c20-14-15(21)17(23)19(18(24)16(14)22)25-13(27)10-26-8-6-12(7-9-26)11-4-2-1-3-5-11/h1-6H,7-10H2,(H,25,27)/p+1. The van der Waals surface area contributed by atoms with E-state index < -0.39 is 40.7 Å². The van der Waals surface area contributed by atoms with Crippen LogP contribution in [0.15, 0.2) is 36.4 Å². The molecule has 1 atom stereocenters. The van der Waals surface area contributed by atoms with E-state index in [1.54, 1.807) is 5.32 Å². The summed E-state index contributed by atoms with van der Waals surface area (Å²) in [6, 6.07) is 9.72. The van der Waals surface area contributed by atoms with E-state index in [-0.39, 0.29) is 6.54 Å². The van der Waals surface area contributed by atoms with Crippen LogP contribution in [0.25, 0.3) is 5.57 Å². The van der Waals surface area contributed by atoms with Crippen molar-refractivity contribution in [3.63, 3.8) is 0 Å². The van der Waals surface area contributed by atoms with Gasteiger partial charge >= 0.3 is 0 Å². The van der Waals surface area contributed by atoms with Gasteiger partial charge in [0.1, 0.15) is 5.69 Å². The highest BCUT2D eigenvalue weighted by Gasteiger charge is 2.28. The third-order valence-electron chi connectivity index (χ3n) is 4.41. The average Bonchev–Trinajstić information content (AvgIpc) is 2.69. The Morgan fingerprint density at radius 3 is 2.07 bits per heavy atom. The van der Waals surface area contributed by atoms with Gasteiger partial charge in [-0.25, -0.2) is 22.0 Å². The lowest BCUT2D eigenvalue weighted by atomic mass is 10.00. The number of anilines is 1. The molecule has 142 valence electrons. The number of nitrogens with one attached hydrogen (secondary N) is 2. The number of amides is 1. The van der Waals surface area contributed by atoms with Gasteiger partial charge in [0, 0.05) is 6.42 Å². The fourth-order valence-corrected chi connectivity index (χ4v) is 2.98. The van der Waals surface area contributed by atoms with Crippen molar-refractivity contribution in [2.45, 2.75) is 6.42 Å². The van der Waals surface area contributed by atoms with Crippen LogP contribution >= 0.6 is 0 Å². The molecule has 0 aliphatic carbocycles. The molecule has 3 rings (SSSR count). The molecule has 8 heteroatoms. The van der Waals surface area contributed by atoms with Crippen molar-refractivity contribution in [2.75, 3.05) is 25.0 Å². The van der Waals surface area contributed by atoms with Gasteiger partial charge in [0.15, 0.2) is 29.8 Å². The quantitative estimate of drug-likeness (QED) is 0.475. The van der Waals surface area contributed by atoms with Crippen molar-refractivity contribution in [1.82, 2.24) is 0 Å². The zero-order valence-electron chi connectivity index (χ0n) is 14.1. The molecule has 2 N–H and O–H groups in total. The van der Waals surface area contributed by atoms with Crippen molar-refractivity contribution < 1.29 is 31.6 Å². The van der Waals surface area contributed by atoms with Crippen LogP contribution in [0.3, 0.4) is 0 Å². The second-order valence-corrected chi connectivity index (χ2v) is 6.22. The summed E-state index contributed by atoms with van der Waals surface area (Å²) < 4.78 is 66.7. The van der Waals surface area contributed by atoms with E-state index in [4.69, 9.17) is 0 Å². The van der Waals surface area contributed by atoms with Crippen molar-refractivity contribution in [3.05, 3.63) is 71.1 Å². The highest BCUT2D eigenvalue weighted by molar-refractivity contribution is 5.91. The summed E-state index contributed by atoms with van der Waals surface area (Å²) >= 11 is 0. The second-order valence-electron chi connectivity index (χ2n) is 6.22. The molecular weight excluding hydrogens is 367 g/mol. The topological polar surface area (TPSA) is 33.5 Å². The molecule has 1 aliphatic rings. The normalized spacial score (nSPS) is 16.8. The number of carbonyl (C=O) groups excluding carboxylic acids is 1. The maximum atomic E-state index is 13.6. The number of rotatable bonds is 4. The van der Waals surface area contributed by atoms with Crippen molar-refractivity contribution >= 4 is 17.2 Å². The van der Waals surface area contributed by atoms with Crippen molar-refractivity contribution in [2.24, 2.45) is 0 Å². The van der Waals surface area contributed by atoms with Crippen LogP contribution < -0.4 is 10.2 Å². The molecule has 0 aromatic heterocycles. The summed E-state index contributed by atoms with van der Waals surface area (Å²) in [5.41, 5.74) is 0.898. The van der Waals surface area contributed by atoms with Crippen molar-refractivity contribution in [1.29, 1.82) is 0 Å². The van der Waals surface area contributed by atoms with E-state index in [1.807, 2.05) is 36.4 Å². The Hall–Kier alpha value is -2.74. The first-order chi connectivity index (χ1) is 12.9. The van der Waals surface area contributed by atoms with Crippen LogP contribution in [0.1, 0.15) is 12.0 Å². The largest absolute Gasteiger partial charge is 0.324 e. The Morgan fingerprint density at radius 1 is 0.926 bits per heavy atom. The van der Waals surface area contributed by atoms with Crippen LogP contribution in [-0.4, -0.2) is 25.5 Å². The molecule has 3 nitrogen and oxygen atoms in total. The molecular formula is C19H16F5N2O+. The predicted molar refractivity (Wildman–Crippen MR) is 89.5 cm³/mol. The summed E-state index contributed by atoms with van der Waals surface area (Å²) in [5.74, 6) is -11.4. The first-order valence-corrected chi connectivity index (χ1v) is 8.27. The van der Waals surface area contributed by atoms with Gasteiger partial charge in [-0.1, -0.05) is 30.3 Å². The minimum atomic E-state index is -2.26. The molecule has 1 aliphatic heterocycles. The molecule has 1 amide bonds. The maximum Gasteiger partial charge on any atom is 0.279 e. The van der Waals surface area contributed by atoms with Gasteiger partial charge in [-0.2, -0.15) is 0 Å². The number of carbonyl (C=O) groups is 1. The molecule has 2 aromatic carbocycles. The Kier molecular flexibility index (Phi) is 5.55. The van der Waals surface area contributed by atoms with E-state index in [1.165, 1.54) is 0 Å². The highest BCUT2D eigenvalue weighted by atomic mass is 19.2. The van der Waals surface area contributed by atoms with E-state index in [0.717, 1.165) is 16.0 Å². The van der Waals surface area contributed by atoms with Gasteiger partial charge in [-0.05, 0) is 17.2 Å². The van der Waals surface area contributed by atoms with Crippen LogP contribution in [0, 0.1) is 29.1 Å². The fraction of sp³-hybridized carbons (Fsp3) is 0.211. The van der Waals surface area contributed by atoms with E-state index >= 15 is 0 Å². The molecule has 0 radical (unpaired) electrons. The van der Waals surface area contributed by atoms with Crippen molar-refractivity contribution in [3.8, 4) is 0 Å². The Bertz CT molecular complexity index is 870. The molecule has 1 heterocycles. The molecule has 0 fully saturated rings. The number of benzene rings is 2. The second kappa shape index (κ2) is 7.87.